The first-order valence-electron chi connectivity index (χ1n) is 9.94. The van der Waals surface area contributed by atoms with Gasteiger partial charge in [-0.1, -0.05) is 26.0 Å². The predicted octanol–water partition coefficient (Wildman–Crippen LogP) is 4.11. The molecule has 156 valence electrons. The highest BCUT2D eigenvalue weighted by Crippen LogP contribution is 2.17. The van der Waals surface area contributed by atoms with Crippen molar-refractivity contribution in [2.24, 2.45) is 11.7 Å². The Bertz CT molecular complexity index is 771. The Kier molecular flexibility index (Phi) is 9.18. The molecule has 2 N–H and O–H groups in total. The number of carbonyl (C=O) groups excluding carboxylic acids is 2. The maximum Gasteiger partial charge on any atom is 0.343 e. The average Bonchev–Trinajstić information content (AvgIpc) is 2.76. The van der Waals surface area contributed by atoms with Crippen molar-refractivity contribution in [3.8, 4) is 11.5 Å². The summed E-state index contributed by atoms with van der Waals surface area (Å²) in [4.78, 5) is 23.8. The van der Waals surface area contributed by atoms with E-state index in [1.807, 2.05) is 26.0 Å². The Morgan fingerprint density at radius 3 is 2.17 bits per heavy atom. The summed E-state index contributed by atoms with van der Waals surface area (Å²) in [6.07, 6.45) is 2.30. The van der Waals surface area contributed by atoms with E-state index in [0.717, 1.165) is 24.8 Å². The van der Waals surface area contributed by atoms with Gasteiger partial charge in [-0.3, -0.25) is 4.79 Å². The van der Waals surface area contributed by atoms with E-state index in [9.17, 15) is 9.59 Å². The lowest BCUT2D eigenvalue weighted by atomic mass is 10.1. The van der Waals surface area contributed by atoms with Crippen LogP contribution in [0, 0.1) is 5.92 Å². The third kappa shape index (κ3) is 7.58. The molecule has 2 rings (SSSR count). The summed E-state index contributed by atoms with van der Waals surface area (Å²) in [6.45, 7) is 5.19. The Morgan fingerprint density at radius 2 is 1.55 bits per heavy atom. The Labute approximate surface area is 172 Å². The summed E-state index contributed by atoms with van der Waals surface area (Å²) in [5.74, 6) is 0.514. The molecule has 0 amide bonds. The van der Waals surface area contributed by atoms with Crippen molar-refractivity contribution < 1.29 is 23.8 Å². The number of carbonyl (C=O) groups is 2. The van der Waals surface area contributed by atoms with Crippen LogP contribution in [0.3, 0.4) is 0 Å². The zero-order valence-corrected chi connectivity index (χ0v) is 17.1. The molecular weight excluding hydrogens is 370 g/mol. The van der Waals surface area contributed by atoms with Gasteiger partial charge in [-0.15, -0.1) is 0 Å². The van der Waals surface area contributed by atoms with Crippen LogP contribution in [0.25, 0.3) is 0 Å². The number of benzene rings is 2. The van der Waals surface area contributed by atoms with Gasteiger partial charge in [0.1, 0.15) is 11.5 Å². The third-order valence-corrected chi connectivity index (χ3v) is 4.53. The molecule has 29 heavy (non-hydrogen) atoms. The van der Waals surface area contributed by atoms with Crippen LogP contribution in [0.1, 0.15) is 49.0 Å². The number of hydrogen-bond acceptors (Lipinski definition) is 6. The van der Waals surface area contributed by atoms with E-state index in [1.54, 1.807) is 36.4 Å². The molecule has 0 aliphatic rings. The van der Waals surface area contributed by atoms with Gasteiger partial charge in [-0.2, -0.15) is 0 Å². The minimum absolute atomic E-state index is 0.0539. The van der Waals surface area contributed by atoms with Gasteiger partial charge >= 0.3 is 11.9 Å². The highest BCUT2D eigenvalue weighted by Gasteiger charge is 2.11. The fourth-order valence-corrected chi connectivity index (χ4v) is 2.42. The van der Waals surface area contributed by atoms with E-state index in [0.29, 0.717) is 36.8 Å². The van der Waals surface area contributed by atoms with Crippen molar-refractivity contribution in [2.45, 2.75) is 39.7 Å². The molecule has 2 aromatic rings. The van der Waals surface area contributed by atoms with Gasteiger partial charge in [0.25, 0.3) is 0 Å². The summed E-state index contributed by atoms with van der Waals surface area (Å²) >= 11 is 0. The molecule has 0 bridgehead atoms. The zero-order chi connectivity index (χ0) is 21.1. The molecule has 0 aliphatic heterocycles. The van der Waals surface area contributed by atoms with E-state index in [1.165, 1.54) is 0 Å². The normalized spacial score (nSPS) is 11.6. The molecule has 0 aliphatic carbocycles. The largest absolute Gasteiger partial charge is 0.494 e. The highest BCUT2D eigenvalue weighted by atomic mass is 16.5. The van der Waals surface area contributed by atoms with Crippen molar-refractivity contribution in [1.29, 1.82) is 0 Å². The predicted molar refractivity (Wildman–Crippen MR) is 111 cm³/mol. The van der Waals surface area contributed by atoms with E-state index >= 15 is 0 Å². The summed E-state index contributed by atoms with van der Waals surface area (Å²) in [5, 5.41) is 0. The number of rotatable bonds is 11. The molecule has 0 saturated carbocycles. The van der Waals surface area contributed by atoms with Gasteiger partial charge in [-0.25, -0.2) is 4.79 Å². The van der Waals surface area contributed by atoms with Crippen molar-refractivity contribution in [1.82, 2.24) is 0 Å². The monoisotopic (exact) mass is 399 g/mol. The average molecular weight is 399 g/mol. The first-order valence-corrected chi connectivity index (χ1v) is 9.94. The van der Waals surface area contributed by atoms with Gasteiger partial charge in [0, 0.05) is 6.54 Å². The molecular formula is C23H29NO5. The number of nitrogens with two attached hydrogens (primary N) is 1. The zero-order valence-electron chi connectivity index (χ0n) is 17.1. The Morgan fingerprint density at radius 1 is 0.931 bits per heavy atom. The minimum Gasteiger partial charge on any atom is -0.494 e. The van der Waals surface area contributed by atoms with Crippen LogP contribution in [0.2, 0.25) is 0 Å². The van der Waals surface area contributed by atoms with Crippen molar-refractivity contribution >= 4 is 11.9 Å². The van der Waals surface area contributed by atoms with Gasteiger partial charge < -0.3 is 19.9 Å². The fourth-order valence-electron chi connectivity index (χ4n) is 2.42. The van der Waals surface area contributed by atoms with Crippen LogP contribution in [-0.4, -0.2) is 25.2 Å². The fraction of sp³-hybridized carbons (Fsp3) is 0.391. The topological polar surface area (TPSA) is 87.8 Å². The summed E-state index contributed by atoms with van der Waals surface area (Å²) in [7, 11) is 0. The van der Waals surface area contributed by atoms with Crippen LogP contribution in [-0.2, 0) is 16.1 Å². The molecule has 6 heteroatoms. The van der Waals surface area contributed by atoms with E-state index in [-0.39, 0.29) is 11.9 Å². The quantitative estimate of drug-likeness (QED) is 0.347. The van der Waals surface area contributed by atoms with E-state index in [2.05, 4.69) is 0 Å². The molecule has 6 nitrogen and oxygen atoms in total. The Balaban J connectivity index is 1.69. The lowest BCUT2D eigenvalue weighted by Gasteiger charge is -2.10. The molecule has 2 aromatic carbocycles. The molecule has 1 atom stereocenters. The van der Waals surface area contributed by atoms with Gasteiger partial charge in [0.2, 0.25) is 0 Å². The van der Waals surface area contributed by atoms with Gasteiger partial charge in [-0.05, 0) is 61.2 Å². The van der Waals surface area contributed by atoms with Crippen molar-refractivity contribution in [3.63, 3.8) is 0 Å². The van der Waals surface area contributed by atoms with E-state index in [4.69, 9.17) is 19.9 Å². The number of esters is 2. The molecule has 0 aromatic heterocycles. The van der Waals surface area contributed by atoms with Crippen LogP contribution < -0.4 is 15.2 Å². The van der Waals surface area contributed by atoms with Crippen LogP contribution in [0.15, 0.2) is 48.5 Å². The standard InChI is InChI=1S/C23H29NO5/c1-3-17(2)22(25)28-15-5-4-14-27-20-12-8-19(9-13-20)23(26)29-21-10-6-18(16-24)7-11-21/h6-13,17H,3-5,14-16,24H2,1-2H3. The van der Waals surface area contributed by atoms with Crippen LogP contribution in [0.4, 0.5) is 0 Å². The second-order valence-electron chi connectivity index (χ2n) is 6.79. The molecule has 1 unspecified atom stereocenters. The lowest BCUT2D eigenvalue weighted by molar-refractivity contribution is -0.148. The highest BCUT2D eigenvalue weighted by molar-refractivity contribution is 5.91. The minimum atomic E-state index is -0.430. The third-order valence-electron chi connectivity index (χ3n) is 4.53. The van der Waals surface area contributed by atoms with Crippen LogP contribution in [0.5, 0.6) is 11.5 Å². The Hall–Kier alpha value is -2.86. The van der Waals surface area contributed by atoms with Gasteiger partial charge in [0.05, 0.1) is 24.7 Å². The number of hydrogen-bond donors (Lipinski definition) is 1. The first-order chi connectivity index (χ1) is 14.0. The summed E-state index contributed by atoms with van der Waals surface area (Å²) in [5.41, 5.74) is 6.97. The molecule has 0 spiro atoms. The summed E-state index contributed by atoms with van der Waals surface area (Å²) < 4.78 is 16.2. The number of ether oxygens (including phenoxy) is 3. The van der Waals surface area contributed by atoms with Gasteiger partial charge in [0.15, 0.2) is 0 Å². The maximum absolute atomic E-state index is 12.2. The smallest absolute Gasteiger partial charge is 0.343 e. The molecule has 0 fully saturated rings. The SMILES string of the molecule is CCC(C)C(=O)OCCCCOc1ccc(C(=O)Oc2ccc(CN)cc2)cc1. The van der Waals surface area contributed by atoms with Crippen molar-refractivity contribution in [3.05, 3.63) is 59.7 Å². The first kappa shape index (κ1) is 22.4. The molecule has 0 radical (unpaired) electrons. The maximum atomic E-state index is 12.2. The van der Waals surface area contributed by atoms with Crippen LogP contribution >= 0.6 is 0 Å². The second kappa shape index (κ2) is 11.9. The number of unbranched alkanes of at least 4 members (excludes halogenated alkanes) is 1. The summed E-state index contributed by atoms with van der Waals surface area (Å²) in [6, 6.07) is 13.9. The molecule has 0 saturated heterocycles. The van der Waals surface area contributed by atoms with Crippen molar-refractivity contribution in [2.75, 3.05) is 13.2 Å². The van der Waals surface area contributed by atoms with E-state index < -0.39 is 5.97 Å². The molecule has 0 heterocycles. The lowest BCUT2D eigenvalue weighted by Crippen LogP contribution is -2.15. The second-order valence-corrected chi connectivity index (χ2v) is 6.79.